The Morgan fingerprint density at radius 1 is 0.975 bits per heavy atom. The van der Waals surface area contributed by atoms with Crippen molar-refractivity contribution in [2.75, 3.05) is 13.2 Å². The van der Waals surface area contributed by atoms with Crippen LogP contribution in [0.1, 0.15) is 60.5 Å². The minimum absolute atomic E-state index is 0.201. The normalized spacial score (nSPS) is 16.1. The van der Waals surface area contributed by atoms with Gasteiger partial charge in [0, 0.05) is 23.6 Å². The van der Waals surface area contributed by atoms with Gasteiger partial charge in [0.2, 0.25) is 0 Å². The van der Waals surface area contributed by atoms with E-state index in [1.165, 1.54) is 0 Å². The Labute approximate surface area is 230 Å². The summed E-state index contributed by atoms with van der Waals surface area (Å²) in [5.74, 6) is 2.74. The van der Waals surface area contributed by atoms with Crippen LogP contribution in [-0.4, -0.2) is 43.3 Å². The van der Waals surface area contributed by atoms with Gasteiger partial charge in [-0.1, -0.05) is 43.2 Å². The molecule has 2 aliphatic rings. The van der Waals surface area contributed by atoms with E-state index in [2.05, 4.69) is 37.5 Å². The number of benzene rings is 2. The van der Waals surface area contributed by atoms with E-state index in [-0.39, 0.29) is 11.6 Å². The summed E-state index contributed by atoms with van der Waals surface area (Å²) in [7, 11) is 0. The highest BCUT2D eigenvalue weighted by molar-refractivity contribution is 5.83. The second-order valence-electron chi connectivity index (χ2n) is 10.4. The minimum atomic E-state index is -0.540. The molecule has 1 saturated carbocycles. The predicted octanol–water partition coefficient (Wildman–Crippen LogP) is 4.79. The number of aromatic amines is 1. The van der Waals surface area contributed by atoms with Crippen molar-refractivity contribution >= 4 is 10.9 Å². The number of rotatable bonds is 8. The van der Waals surface area contributed by atoms with Gasteiger partial charge in [-0.05, 0) is 53.1 Å². The molecule has 40 heavy (non-hydrogen) atoms. The summed E-state index contributed by atoms with van der Waals surface area (Å²) in [6.45, 7) is 1.99. The highest BCUT2D eigenvalue weighted by Crippen LogP contribution is 2.37. The largest absolute Gasteiger partial charge is 0.486 e. The van der Waals surface area contributed by atoms with Crippen LogP contribution < -0.4 is 15.0 Å². The Morgan fingerprint density at radius 3 is 2.55 bits per heavy atom. The molecule has 0 radical (unpaired) electrons. The van der Waals surface area contributed by atoms with Crippen molar-refractivity contribution in [3.63, 3.8) is 0 Å². The number of hydrogen-bond donors (Lipinski definition) is 1. The Morgan fingerprint density at radius 2 is 1.77 bits per heavy atom. The standard InChI is InChI=1S/C30H30N6O4/c37-30-24(15-21-16-26-27(17-25(21)31-30)40-14-13-39-26)28(29-32-33-34-36(29)22-9-4-5-10-22)35(19-23-11-6-12-38-23)18-20-7-2-1-3-8-20/h1-3,6-8,11-12,15-17,22,28H,4-5,9-10,13-14,18-19H2,(H,31,37)/t28-/m0/s1. The van der Waals surface area contributed by atoms with E-state index in [0.29, 0.717) is 54.7 Å². The highest BCUT2D eigenvalue weighted by atomic mass is 16.6. The highest BCUT2D eigenvalue weighted by Gasteiger charge is 2.34. The molecule has 4 heterocycles. The monoisotopic (exact) mass is 538 g/mol. The van der Waals surface area contributed by atoms with Crippen LogP contribution in [0.15, 0.2) is 76.1 Å². The van der Waals surface area contributed by atoms with Crippen LogP contribution in [0.3, 0.4) is 0 Å². The van der Waals surface area contributed by atoms with Crippen LogP contribution in [0, 0.1) is 0 Å². The van der Waals surface area contributed by atoms with Gasteiger partial charge in [-0.2, -0.15) is 0 Å². The fourth-order valence-corrected chi connectivity index (χ4v) is 5.91. The lowest BCUT2D eigenvalue weighted by Crippen LogP contribution is -2.35. The summed E-state index contributed by atoms with van der Waals surface area (Å²) >= 11 is 0. The first-order chi connectivity index (χ1) is 19.7. The van der Waals surface area contributed by atoms with E-state index in [1.54, 1.807) is 6.26 Å². The SMILES string of the molecule is O=c1[nH]c2cc3c(cc2cc1[C@@H](c1nnnn1C1CCCC1)N(Cc1ccccc1)Cc1ccco1)OCCO3. The fraction of sp³-hybridized carbons (Fsp3) is 0.333. The molecule has 3 aromatic heterocycles. The van der Waals surface area contributed by atoms with Crippen molar-refractivity contribution in [1.29, 1.82) is 0 Å². The van der Waals surface area contributed by atoms with Crippen LogP contribution in [-0.2, 0) is 13.1 Å². The van der Waals surface area contributed by atoms with Crippen molar-refractivity contribution in [3.8, 4) is 11.5 Å². The summed E-state index contributed by atoms with van der Waals surface area (Å²) < 4.78 is 19.3. The maximum atomic E-state index is 13.9. The second kappa shape index (κ2) is 10.6. The first-order valence-electron chi connectivity index (χ1n) is 13.8. The maximum absolute atomic E-state index is 13.9. The topological polar surface area (TPSA) is 111 Å². The quantitative estimate of drug-likeness (QED) is 0.300. The molecule has 10 heteroatoms. The number of furan rings is 1. The molecule has 1 atom stereocenters. The van der Waals surface area contributed by atoms with Crippen molar-refractivity contribution in [2.45, 2.75) is 50.9 Å². The summed E-state index contributed by atoms with van der Waals surface area (Å²) in [5.41, 5.74) is 2.15. The molecule has 0 bridgehead atoms. The summed E-state index contributed by atoms with van der Waals surface area (Å²) in [5, 5.41) is 14.0. The molecule has 0 spiro atoms. The molecule has 1 fully saturated rings. The lowest BCUT2D eigenvalue weighted by atomic mass is 10.0. The number of nitrogens with one attached hydrogen (secondary N) is 1. The number of ether oxygens (including phenoxy) is 2. The maximum Gasteiger partial charge on any atom is 0.253 e. The molecule has 204 valence electrons. The molecule has 1 N–H and O–H groups in total. The van der Waals surface area contributed by atoms with Crippen LogP contribution in [0.25, 0.3) is 10.9 Å². The van der Waals surface area contributed by atoms with Crippen molar-refractivity contribution in [2.24, 2.45) is 0 Å². The second-order valence-corrected chi connectivity index (χ2v) is 10.4. The molecular formula is C30H30N6O4. The molecule has 5 aromatic rings. The summed E-state index contributed by atoms with van der Waals surface area (Å²) in [6.07, 6.45) is 5.97. The van der Waals surface area contributed by atoms with Gasteiger partial charge in [0.05, 0.1) is 24.4 Å². The Balaban J connectivity index is 1.40. The number of nitrogens with zero attached hydrogens (tertiary/aromatic N) is 5. The third kappa shape index (κ3) is 4.75. The smallest absolute Gasteiger partial charge is 0.253 e. The number of H-pyrrole nitrogens is 1. The van der Waals surface area contributed by atoms with Crippen molar-refractivity contribution in [1.82, 2.24) is 30.1 Å². The van der Waals surface area contributed by atoms with E-state index < -0.39 is 6.04 Å². The van der Waals surface area contributed by atoms with Gasteiger partial charge in [0.1, 0.15) is 25.0 Å². The van der Waals surface area contributed by atoms with E-state index in [4.69, 9.17) is 13.9 Å². The number of pyridine rings is 1. The van der Waals surface area contributed by atoms with Crippen LogP contribution in [0.4, 0.5) is 0 Å². The van der Waals surface area contributed by atoms with E-state index in [9.17, 15) is 4.79 Å². The van der Waals surface area contributed by atoms with Crippen LogP contribution in [0.5, 0.6) is 11.5 Å². The molecule has 10 nitrogen and oxygen atoms in total. The first-order valence-corrected chi connectivity index (χ1v) is 13.8. The fourth-order valence-electron chi connectivity index (χ4n) is 5.91. The molecule has 0 amide bonds. The van der Waals surface area contributed by atoms with E-state index in [1.807, 2.05) is 53.2 Å². The zero-order chi connectivity index (χ0) is 26.9. The number of hydrogen-bond acceptors (Lipinski definition) is 8. The first kappa shape index (κ1) is 24.6. The number of aromatic nitrogens is 5. The Hall–Kier alpha value is -4.44. The Kier molecular flexibility index (Phi) is 6.52. The molecule has 1 aliphatic carbocycles. The molecule has 2 aromatic carbocycles. The van der Waals surface area contributed by atoms with Gasteiger partial charge in [-0.25, -0.2) is 4.68 Å². The van der Waals surface area contributed by atoms with Gasteiger partial charge in [0.15, 0.2) is 17.3 Å². The molecule has 7 rings (SSSR count). The zero-order valence-electron chi connectivity index (χ0n) is 22.0. The van der Waals surface area contributed by atoms with Crippen LogP contribution in [0.2, 0.25) is 0 Å². The average Bonchev–Trinajstić information content (AvgIpc) is 3.76. The number of fused-ring (bicyclic) bond motifs is 2. The third-order valence-corrected chi connectivity index (χ3v) is 7.80. The summed E-state index contributed by atoms with van der Waals surface area (Å²) in [4.78, 5) is 19.2. The molecular weight excluding hydrogens is 508 g/mol. The van der Waals surface area contributed by atoms with Crippen LogP contribution >= 0.6 is 0 Å². The van der Waals surface area contributed by atoms with E-state index in [0.717, 1.165) is 42.4 Å². The third-order valence-electron chi connectivity index (χ3n) is 7.80. The molecule has 0 saturated heterocycles. The Bertz CT molecular complexity index is 1660. The predicted molar refractivity (Wildman–Crippen MR) is 147 cm³/mol. The number of tetrazole rings is 1. The van der Waals surface area contributed by atoms with Gasteiger partial charge >= 0.3 is 0 Å². The zero-order valence-corrected chi connectivity index (χ0v) is 22.0. The van der Waals surface area contributed by atoms with Crippen molar-refractivity contribution in [3.05, 3.63) is 100.0 Å². The average molecular weight is 539 g/mol. The molecule has 0 unspecified atom stereocenters. The van der Waals surface area contributed by atoms with Gasteiger partial charge < -0.3 is 18.9 Å². The van der Waals surface area contributed by atoms with Gasteiger partial charge in [-0.3, -0.25) is 9.69 Å². The lowest BCUT2D eigenvalue weighted by Gasteiger charge is -2.31. The lowest BCUT2D eigenvalue weighted by molar-refractivity contribution is 0.172. The van der Waals surface area contributed by atoms with Gasteiger partial charge in [0.25, 0.3) is 5.56 Å². The molecule has 1 aliphatic heterocycles. The van der Waals surface area contributed by atoms with Gasteiger partial charge in [-0.15, -0.1) is 5.10 Å². The summed E-state index contributed by atoms with van der Waals surface area (Å²) in [6, 6.07) is 19.4. The van der Waals surface area contributed by atoms with E-state index >= 15 is 0 Å². The van der Waals surface area contributed by atoms with Crippen molar-refractivity contribution < 1.29 is 13.9 Å². The minimum Gasteiger partial charge on any atom is -0.486 e.